The lowest BCUT2D eigenvalue weighted by molar-refractivity contribution is 0.0690. The molecule has 17 heavy (non-hydrogen) atoms. The van der Waals surface area contributed by atoms with Crippen molar-refractivity contribution >= 4 is 29.2 Å². The third-order valence-electron chi connectivity index (χ3n) is 2.12. The molecule has 0 atom stereocenters. The van der Waals surface area contributed by atoms with Gasteiger partial charge in [-0.25, -0.2) is 9.48 Å². The Morgan fingerprint density at radius 3 is 2.82 bits per heavy atom. The molecule has 2 aromatic rings. The molecule has 0 fully saturated rings. The first-order valence-corrected chi connectivity index (χ1v) is 5.40. The van der Waals surface area contributed by atoms with Gasteiger partial charge in [-0.3, -0.25) is 0 Å². The summed E-state index contributed by atoms with van der Waals surface area (Å²) in [6.07, 6.45) is 1.33. The van der Waals surface area contributed by atoms with Gasteiger partial charge in [-0.2, -0.15) is 0 Å². The first-order chi connectivity index (χ1) is 8.08. The summed E-state index contributed by atoms with van der Waals surface area (Å²) in [6.45, 7) is 0.319. The molecule has 7 heteroatoms. The second kappa shape index (κ2) is 4.73. The summed E-state index contributed by atoms with van der Waals surface area (Å²) in [6, 6.07) is 5.23. The average Bonchev–Trinajstić information content (AvgIpc) is 2.73. The fourth-order valence-electron chi connectivity index (χ4n) is 1.32. The van der Waals surface area contributed by atoms with Gasteiger partial charge in [-0.1, -0.05) is 40.5 Å². The smallest absolute Gasteiger partial charge is 0.358 e. The molecule has 0 spiro atoms. The van der Waals surface area contributed by atoms with Crippen LogP contribution in [0.25, 0.3) is 0 Å². The second-order valence-corrected chi connectivity index (χ2v) is 4.10. The highest BCUT2D eigenvalue weighted by atomic mass is 35.5. The van der Waals surface area contributed by atoms with E-state index >= 15 is 0 Å². The average molecular weight is 272 g/mol. The highest BCUT2D eigenvalue weighted by Gasteiger charge is 2.10. The van der Waals surface area contributed by atoms with Crippen molar-refractivity contribution in [3.63, 3.8) is 0 Å². The largest absolute Gasteiger partial charge is 0.476 e. The Balaban J connectivity index is 2.25. The Morgan fingerprint density at radius 1 is 1.41 bits per heavy atom. The Morgan fingerprint density at radius 2 is 2.18 bits per heavy atom. The standard InChI is InChI=1S/C10H7Cl2N3O2/c11-7-3-1-2-6(9(7)12)4-15-5-8(10(16)17)13-14-15/h1-3,5H,4H2,(H,16,17). The van der Waals surface area contributed by atoms with Crippen molar-refractivity contribution in [2.45, 2.75) is 6.54 Å². The van der Waals surface area contributed by atoms with E-state index in [0.29, 0.717) is 16.6 Å². The van der Waals surface area contributed by atoms with Gasteiger partial charge in [0.15, 0.2) is 5.69 Å². The molecule has 1 N–H and O–H groups in total. The molecule has 0 unspecified atom stereocenters. The Hall–Kier alpha value is -1.59. The van der Waals surface area contributed by atoms with Crippen molar-refractivity contribution < 1.29 is 9.90 Å². The van der Waals surface area contributed by atoms with Gasteiger partial charge >= 0.3 is 5.97 Å². The van der Waals surface area contributed by atoms with Crippen molar-refractivity contribution in [1.82, 2.24) is 15.0 Å². The zero-order valence-corrected chi connectivity index (χ0v) is 9.98. The minimum atomic E-state index is -1.12. The van der Waals surface area contributed by atoms with Crippen LogP contribution >= 0.6 is 23.2 Å². The van der Waals surface area contributed by atoms with Crippen LogP contribution in [0.15, 0.2) is 24.4 Å². The summed E-state index contributed by atoms with van der Waals surface area (Å²) in [5, 5.41) is 16.8. The molecular weight excluding hydrogens is 265 g/mol. The van der Waals surface area contributed by atoms with E-state index in [9.17, 15) is 4.79 Å². The van der Waals surface area contributed by atoms with E-state index in [1.807, 2.05) is 0 Å². The first-order valence-electron chi connectivity index (χ1n) is 4.64. The van der Waals surface area contributed by atoms with Crippen molar-refractivity contribution in [2.75, 3.05) is 0 Å². The van der Waals surface area contributed by atoms with E-state index in [0.717, 1.165) is 5.56 Å². The maximum atomic E-state index is 10.6. The number of nitrogens with zero attached hydrogens (tertiary/aromatic N) is 3. The van der Waals surface area contributed by atoms with Crippen LogP contribution < -0.4 is 0 Å². The number of benzene rings is 1. The molecule has 0 aliphatic heterocycles. The summed E-state index contributed by atoms with van der Waals surface area (Å²) in [4.78, 5) is 10.6. The van der Waals surface area contributed by atoms with Crippen molar-refractivity contribution in [1.29, 1.82) is 0 Å². The quantitative estimate of drug-likeness (QED) is 0.931. The third-order valence-corrected chi connectivity index (χ3v) is 2.98. The number of rotatable bonds is 3. The Bertz CT molecular complexity index is 568. The number of hydrogen-bond acceptors (Lipinski definition) is 3. The van der Waals surface area contributed by atoms with Gasteiger partial charge < -0.3 is 5.11 Å². The normalized spacial score (nSPS) is 10.5. The summed E-state index contributed by atoms with van der Waals surface area (Å²) in [5.41, 5.74) is 0.643. The number of carboxylic acids is 1. The number of aromatic carboxylic acids is 1. The number of hydrogen-bond donors (Lipinski definition) is 1. The van der Waals surface area contributed by atoms with E-state index in [1.165, 1.54) is 10.9 Å². The van der Waals surface area contributed by atoms with E-state index < -0.39 is 5.97 Å². The fourth-order valence-corrected chi connectivity index (χ4v) is 1.70. The predicted molar refractivity (Wildman–Crippen MR) is 62.5 cm³/mol. The number of carbonyl (C=O) groups is 1. The molecule has 0 saturated carbocycles. The zero-order valence-electron chi connectivity index (χ0n) is 8.47. The van der Waals surface area contributed by atoms with Gasteiger partial charge in [0.2, 0.25) is 0 Å². The molecule has 0 aliphatic rings. The Labute approximate surface area is 107 Å². The van der Waals surface area contributed by atoms with Crippen LogP contribution in [0, 0.1) is 0 Å². The molecule has 5 nitrogen and oxygen atoms in total. The highest BCUT2D eigenvalue weighted by molar-refractivity contribution is 6.42. The highest BCUT2D eigenvalue weighted by Crippen LogP contribution is 2.25. The molecule has 1 heterocycles. The molecule has 2 rings (SSSR count). The van der Waals surface area contributed by atoms with Crippen molar-refractivity contribution in [3.05, 3.63) is 45.7 Å². The number of carboxylic acid groups (broad SMARTS) is 1. The summed E-state index contributed by atoms with van der Waals surface area (Å²) < 4.78 is 1.39. The van der Waals surface area contributed by atoms with E-state index in [1.54, 1.807) is 18.2 Å². The van der Waals surface area contributed by atoms with Gasteiger partial charge in [0.25, 0.3) is 0 Å². The van der Waals surface area contributed by atoms with E-state index in [-0.39, 0.29) is 5.69 Å². The lowest BCUT2D eigenvalue weighted by Gasteiger charge is -2.04. The topological polar surface area (TPSA) is 68.0 Å². The lowest BCUT2D eigenvalue weighted by atomic mass is 10.2. The Kier molecular flexibility index (Phi) is 3.31. The second-order valence-electron chi connectivity index (χ2n) is 3.32. The maximum absolute atomic E-state index is 10.6. The van der Waals surface area contributed by atoms with Gasteiger partial charge in [-0.15, -0.1) is 5.10 Å². The SMILES string of the molecule is O=C(O)c1cn(Cc2cccc(Cl)c2Cl)nn1. The van der Waals surface area contributed by atoms with Crippen LogP contribution in [0.5, 0.6) is 0 Å². The molecule has 0 amide bonds. The van der Waals surface area contributed by atoms with Crippen molar-refractivity contribution in [3.8, 4) is 0 Å². The van der Waals surface area contributed by atoms with Crippen LogP contribution in [0.4, 0.5) is 0 Å². The van der Waals surface area contributed by atoms with Gasteiger partial charge in [0.05, 0.1) is 22.8 Å². The first kappa shape index (κ1) is 11.9. The summed E-state index contributed by atoms with van der Waals surface area (Å²) in [5.74, 6) is -1.12. The van der Waals surface area contributed by atoms with E-state index in [4.69, 9.17) is 28.3 Å². The number of aromatic nitrogens is 3. The third kappa shape index (κ3) is 2.57. The molecule has 0 aliphatic carbocycles. The maximum Gasteiger partial charge on any atom is 0.358 e. The minimum absolute atomic E-state index is 0.108. The molecule has 1 aromatic carbocycles. The molecule has 0 radical (unpaired) electrons. The van der Waals surface area contributed by atoms with E-state index in [2.05, 4.69) is 10.3 Å². The number of halogens is 2. The van der Waals surface area contributed by atoms with Gasteiger partial charge in [0, 0.05) is 0 Å². The molecule has 0 bridgehead atoms. The van der Waals surface area contributed by atoms with Crippen LogP contribution in [0.2, 0.25) is 10.0 Å². The monoisotopic (exact) mass is 271 g/mol. The molecule has 88 valence electrons. The van der Waals surface area contributed by atoms with Crippen LogP contribution in [-0.2, 0) is 6.54 Å². The molecule has 0 saturated heterocycles. The van der Waals surface area contributed by atoms with Crippen LogP contribution in [0.3, 0.4) is 0 Å². The van der Waals surface area contributed by atoms with Crippen molar-refractivity contribution in [2.24, 2.45) is 0 Å². The molecular formula is C10H7Cl2N3O2. The predicted octanol–water partition coefficient (Wildman–Crippen LogP) is 2.33. The van der Waals surface area contributed by atoms with Crippen LogP contribution in [-0.4, -0.2) is 26.1 Å². The minimum Gasteiger partial charge on any atom is -0.476 e. The van der Waals surface area contributed by atoms with Crippen LogP contribution in [0.1, 0.15) is 16.1 Å². The summed E-state index contributed by atoms with van der Waals surface area (Å²) >= 11 is 11.9. The van der Waals surface area contributed by atoms with Gasteiger partial charge in [0.1, 0.15) is 0 Å². The molecule has 1 aromatic heterocycles. The lowest BCUT2D eigenvalue weighted by Crippen LogP contribution is -2.01. The zero-order chi connectivity index (χ0) is 12.4. The fraction of sp³-hybridized carbons (Fsp3) is 0.100. The summed E-state index contributed by atoms with van der Waals surface area (Å²) in [7, 11) is 0. The van der Waals surface area contributed by atoms with Gasteiger partial charge in [-0.05, 0) is 11.6 Å².